The van der Waals surface area contributed by atoms with Crippen LogP contribution in [0.2, 0.25) is 0 Å². The van der Waals surface area contributed by atoms with Gasteiger partial charge in [-0.3, -0.25) is 9.59 Å². The van der Waals surface area contributed by atoms with E-state index in [1.165, 1.54) is 0 Å². The lowest BCUT2D eigenvalue weighted by Gasteiger charge is -2.16. The molecule has 6 heteroatoms. The highest BCUT2D eigenvalue weighted by Crippen LogP contribution is 2.16. The minimum Gasteiger partial charge on any atom is -0.340 e. The number of aromatic nitrogens is 2. The Morgan fingerprint density at radius 2 is 1.89 bits per heavy atom. The topological polar surface area (TPSA) is 78.1 Å². The monoisotopic (exact) mass is 378 g/mol. The number of H-pyrrole nitrogens is 1. The van der Waals surface area contributed by atoms with Crippen molar-refractivity contribution >= 4 is 28.5 Å². The van der Waals surface area contributed by atoms with Gasteiger partial charge in [0, 0.05) is 24.7 Å². The van der Waals surface area contributed by atoms with Crippen molar-refractivity contribution in [3.63, 3.8) is 0 Å². The Hall–Kier alpha value is -3.15. The first kappa shape index (κ1) is 19.6. The van der Waals surface area contributed by atoms with E-state index in [2.05, 4.69) is 22.2 Å². The Balaban J connectivity index is 1.62. The van der Waals surface area contributed by atoms with E-state index in [0.717, 1.165) is 35.3 Å². The number of benzene rings is 2. The Morgan fingerprint density at radius 1 is 1.14 bits per heavy atom. The first-order valence-corrected chi connectivity index (χ1v) is 9.57. The Labute approximate surface area is 165 Å². The fraction of sp³-hybridized carbons (Fsp3) is 0.318. The molecule has 28 heavy (non-hydrogen) atoms. The van der Waals surface area contributed by atoms with Crippen LogP contribution in [0.25, 0.3) is 11.0 Å². The molecule has 0 aliphatic rings. The molecule has 0 radical (unpaired) electrons. The van der Waals surface area contributed by atoms with Crippen LogP contribution in [0.1, 0.15) is 47.9 Å². The Bertz CT molecular complexity index is 976. The molecule has 3 aromatic rings. The van der Waals surface area contributed by atoms with Gasteiger partial charge < -0.3 is 15.2 Å². The summed E-state index contributed by atoms with van der Waals surface area (Å²) in [6, 6.07) is 13.0. The van der Waals surface area contributed by atoms with Gasteiger partial charge in [-0.15, -0.1) is 0 Å². The quantitative estimate of drug-likeness (QED) is 0.644. The molecule has 0 unspecified atom stereocenters. The molecule has 2 aromatic carbocycles. The zero-order valence-electron chi connectivity index (χ0n) is 16.6. The third kappa shape index (κ3) is 4.76. The number of amides is 2. The minimum absolute atomic E-state index is 0.00170. The molecule has 3 rings (SSSR count). The van der Waals surface area contributed by atoms with Gasteiger partial charge in [0.1, 0.15) is 5.82 Å². The van der Waals surface area contributed by atoms with E-state index in [4.69, 9.17) is 0 Å². The summed E-state index contributed by atoms with van der Waals surface area (Å²) in [5, 5.41) is 2.85. The van der Waals surface area contributed by atoms with E-state index in [0.29, 0.717) is 24.2 Å². The van der Waals surface area contributed by atoms with Crippen molar-refractivity contribution in [2.45, 2.75) is 39.7 Å². The van der Waals surface area contributed by atoms with Crippen LogP contribution in [0.5, 0.6) is 0 Å². The van der Waals surface area contributed by atoms with Gasteiger partial charge in [0.2, 0.25) is 5.91 Å². The van der Waals surface area contributed by atoms with E-state index < -0.39 is 0 Å². The molecule has 0 aliphatic carbocycles. The highest BCUT2D eigenvalue weighted by molar-refractivity contribution is 5.95. The number of unbranched alkanes of at least 4 members (excludes halogenated alkanes) is 1. The van der Waals surface area contributed by atoms with Crippen molar-refractivity contribution in [2.75, 3.05) is 12.4 Å². The molecule has 1 heterocycles. The lowest BCUT2D eigenvalue weighted by atomic mass is 10.1. The Kier molecular flexibility index (Phi) is 6.09. The van der Waals surface area contributed by atoms with Gasteiger partial charge in [-0.25, -0.2) is 4.98 Å². The molecule has 1 aromatic heterocycles. The molecule has 2 N–H and O–H groups in total. The van der Waals surface area contributed by atoms with Crippen molar-refractivity contribution in [2.24, 2.45) is 0 Å². The molecule has 0 fully saturated rings. The minimum atomic E-state index is -0.0968. The first-order chi connectivity index (χ1) is 13.5. The lowest BCUT2D eigenvalue weighted by Crippen LogP contribution is -2.26. The van der Waals surface area contributed by atoms with Gasteiger partial charge in [-0.1, -0.05) is 19.4 Å². The van der Waals surface area contributed by atoms with E-state index in [-0.39, 0.29) is 11.8 Å². The van der Waals surface area contributed by atoms with Crippen molar-refractivity contribution in [1.82, 2.24) is 14.9 Å². The summed E-state index contributed by atoms with van der Waals surface area (Å²) in [7, 11) is 1.75. The number of hydrogen-bond donors (Lipinski definition) is 2. The number of rotatable bonds is 7. The predicted molar refractivity (Wildman–Crippen MR) is 111 cm³/mol. The molecule has 0 aliphatic heterocycles. The van der Waals surface area contributed by atoms with Crippen LogP contribution in [-0.2, 0) is 11.3 Å². The highest BCUT2D eigenvalue weighted by atomic mass is 16.2. The van der Waals surface area contributed by atoms with E-state index >= 15 is 0 Å². The number of hydrogen-bond acceptors (Lipinski definition) is 3. The lowest BCUT2D eigenvalue weighted by molar-refractivity contribution is -0.116. The summed E-state index contributed by atoms with van der Waals surface area (Å²) >= 11 is 0. The van der Waals surface area contributed by atoms with Crippen molar-refractivity contribution in [3.05, 3.63) is 59.4 Å². The number of carbonyl (C=O) groups is 2. The molecule has 0 atom stereocenters. The van der Waals surface area contributed by atoms with Crippen LogP contribution in [-0.4, -0.2) is 33.7 Å². The number of nitrogens with zero attached hydrogens (tertiary/aromatic N) is 2. The fourth-order valence-electron chi connectivity index (χ4n) is 3.02. The second kappa shape index (κ2) is 8.69. The zero-order chi connectivity index (χ0) is 20.1. The number of aromatic amines is 1. The second-order valence-corrected chi connectivity index (χ2v) is 7.09. The summed E-state index contributed by atoms with van der Waals surface area (Å²) in [5.41, 5.74) is 4.30. The highest BCUT2D eigenvalue weighted by Gasteiger charge is 2.14. The summed E-state index contributed by atoms with van der Waals surface area (Å²) in [5.74, 6) is 0.648. The maximum atomic E-state index is 12.7. The van der Waals surface area contributed by atoms with Crippen LogP contribution >= 0.6 is 0 Å². The van der Waals surface area contributed by atoms with Crippen LogP contribution in [0.3, 0.4) is 0 Å². The molecule has 0 saturated heterocycles. The molecular weight excluding hydrogens is 352 g/mol. The predicted octanol–water partition coefficient (Wildman–Crippen LogP) is 4.27. The van der Waals surface area contributed by atoms with E-state index in [1.54, 1.807) is 36.2 Å². The summed E-state index contributed by atoms with van der Waals surface area (Å²) in [6.07, 6.45) is 2.36. The van der Waals surface area contributed by atoms with E-state index in [1.807, 2.05) is 25.1 Å². The third-order valence-corrected chi connectivity index (χ3v) is 4.59. The fourth-order valence-corrected chi connectivity index (χ4v) is 3.02. The number of aryl methyl sites for hydroxylation is 1. The van der Waals surface area contributed by atoms with Gasteiger partial charge in [-0.2, -0.15) is 0 Å². The van der Waals surface area contributed by atoms with E-state index in [9.17, 15) is 9.59 Å². The first-order valence-electron chi connectivity index (χ1n) is 9.57. The molecule has 6 nitrogen and oxygen atoms in total. The number of imidazole rings is 1. The van der Waals surface area contributed by atoms with Crippen LogP contribution in [0.15, 0.2) is 42.5 Å². The molecule has 0 saturated carbocycles. The molecule has 2 amide bonds. The maximum absolute atomic E-state index is 12.7. The summed E-state index contributed by atoms with van der Waals surface area (Å²) in [6.45, 7) is 4.48. The van der Waals surface area contributed by atoms with Crippen LogP contribution < -0.4 is 5.32 Å². The van der Waals surface area contributed by atoms with Gasteiger partial charge in [-0.05, 0) is 55.3 Å². The largest absolute Gasteiger partial charge is 0.340 e. The van der Waals surface area contributed by atoms with Crippen LogP contribution in [0.4, 0.5) is 5.69 Å². The Morgan fingerprint density at radius 3 is 2.61 bits per heavy atom. The number of carbonyl (C=O) groups excluding carboxylic acids is 2. The number of anilines is 1. The molecule has 146 valence electrons. The van der Waals surface area contributed by atoms with Crippen molar-refractivity contribution < 1.29 is 9.59 Å². The smallest absolute Gasteiger partial charge is 0.254 e. The normalized spacial score (nSPS) is 10.8. The van der Waals surface area contributed by atoms with Crippen LogP contribution in [0, 0.1) is 6.92 Å². The van der Waals surface area contributed by atoms with Crippen molar-refractivity contribution in [1.29, 1.82) is 0 Å². The zero-order valence-corrected chi connectivity index (χ0v) is 16.6. The third-order valence-electron chi connectivity index (χ3n) is 4.59. The van der Waals surface area contributed by atoms with Gasteiger partial charge in [0.25, 0.3) is 5.91 Å². The standard InChI is InChI=1S/C22H26N4O2/c1-4-5-6-21(27)23-17-10-8-16(9-11-17)22(28)26(3)14-20-24-18-12-7-15(2)13-19(18)25-20/h7-13H,4-6,14H2,1-3H3,(H,23,27)(H,24,25). The second-order valence-electron chi connectivity index (χ2n) is 7.09. The van der Waals surface area contributed by atoms with Gasteiger partial charge in [0.05, 0.1) is 17.6 Å². The molecule has 0 spiro atoms. The molecule has 0 bridgehead atoms. The molecular formula is C22H26N4O2. The SMILES string of the molecule is CCCCC(=O)Nc1ccc(C(=O)N(C)Cc2nc3ccc(C)cc3[nH]2)cc1. The average Bonchev–Trinajstić information content (AvgIpc) is 3.07. The van der Waals surface area contributed by atoms with Crippen molar-refractivity contribution in [3.8, 4) is 0 Å². The summed E-state index contributed by atoms with van der Waals surface area (Å²) < 4.78 is 0. The van der Waals surface area contributed by atoms with Gasteiger partial charge in [0.15, 0.2) is 0 Å². The average molecular weight is 378 g/mol. The number of fused-ring (bicyclic) bond motifs is 1. The summed E-state index contributed by atoms with van der Waals surface area (Å²) in [4.78, 5) is 33.9. The maximum Gasteiger partial charge on any atom is 0.254 e. The number of nitrogens with one attached hydrogen (secondary N) is 2. The van der Waals surface area contributed by atoms with Gasteiger partial charge >= 0.3 is 0 Å².